The van der Waals surface area contributed by atoms with Crippen molar-refractivity contribution >= 4 is 28.1 Å². The summed E-state index contributed by atoms with van der Waals surface area (Å²) in [6.07, 6.45) is 3.45. The third-order valence-electron chi connectivity index (χ3n) is 3.94. The Kier molecular flexibility index (Phi) is 2.57. The number of para-hydroxylation sites is 1. The molecule has 0 radical (unpaired) electrons. The molecule has 0 atom stereocenters. The van der Waals surface area contributed by atoms with Crippen LogP contribution in [0.5, 0.6) is 0 Å². The molecule has 0 amide bonds. The number of carbonyl (C=O) groups is 1. The van der Waals surface area contributed by atoms with Gasteiger partial charge in [-0.1, -0.05) is 18.2 Å². The molecule has 3 heteroatoms. The molecule has 1 aliphatic carbocycles. The number of hydrogen-bond donors (Lipinski definition) is 0. The van der Waals surface area contributed by atoms with Crippen molar-refractivity contribution in [3.63, 3.8) is 0 Å². The van der Waals surface area contributed by atoms with Gasteiger partial charge in [0.2, 0.25) is 5.78 Å². The molecule has 0 fully saturated rings. The van der Waals surface area contributed by atoms with Crippen LogP contribution in [0.25, 0.3) is 11.0 Å². The Balaban J connectivity index is 1.77. The predicted molar refractivity (Wildman–Crippen MR) is 80.7 cm³/mol. The fourth-order valence-electron chi connectivity index (χ4n) is 2.88. The first-order chi connectivity index (χ1) is 9.72. The fraction of sp³-hybridized carbons (Fsp3) is 0.235. The summed E-state index contributed by atoms with van der Waals surface area (Å²) in [5.74, 6) is 0.467. The molecule has 2 nitrogen and oxygen atoms in total. The molecule has 0 bridgehead atoms. The zero-order valence-electron chi connectivity index (χ0n) is 11.2. The quantitative estimate of drug-likeness (QED) is 0.647. The molecule has 100 valence electrons. The summed E-state index contributed by atoms with van der Waals surface area (Å²) in [5, 5.41) is 0.998. The van der Waals surface area contributed by atoms with Crippen LogP contribution in [0.15, 0.2) is 34.7 Å². The van der Waals surface area contributed by atoms with Crippen LogP contribution in [0.1, 0.15) is 37.9 Å². The lowest BCUT2D eigenvalue weighted by Crippen LogP contribution is -1.96. The van der Waals surface area contributed by atoms with Gasteiger partial charge in [-0.15, -0.1) is 11.3 Å². The normalized spacial score (nSPS) is 13.8. The van der Waals surface area contributed by atoms with Crippen molar-refractivity contribution < 1.29 is 9.21 Å². The van der Waals surface area contributed by atoms with Gasteiger partial charge in [0, 0.05) is 10.3 Å². The van der Waals surface area contributed by atoms with Crippen molar-refractivity contribution in [1.82, 2.24) is 0 Å². The first kappa shape index (κ1) is 11.9. The van der Waals surface area contributed by atoms with E-state index >= 15 is 0 Å². The summed E-state index contributed by atoms with van der Waals surface area (Å²) in [5.41, 5.74) is 3.24. The van der Waals surface area contributed by atoms with Crippen molar-refractivity contribution in [1.29, 1.82) is 0 Å². The van der Waals surface area contributed by atoms with Gasteiger partial charge in [-0.2, -0.15) is 0 Å². The predicted octanol–water partition coefficient (Wildman–Crippen LogP) is 4.52. The molecule has 0 aliphatic heterocycles. The zero-order valence-corrected chi connectivity index (χ0v) is 12.0. The van der Waals surface area contributed by atoms with E-state index in [4.69, 9.17) is 4.42 Å². The molecular formula is C17H14O2S. The molecule has 2 heterocycles. The number of thiophene rings is 1. The highest BCUT2D eigenvalue weighted by atomic mass is 32.1. The number of benzene rings is 1. The minimum atomic E-state index is 0.0139. The molecule has 1 aliphatic rings. The molecular weight excluding hydrogens is 268 g/mol. The van der Waals surface area contributed by atoms with E-state index in [9.17, 15) is 4.79 Å². The third-order valence-corrected chi connectivity index (χ3v) is 5.17. The second-order valence-electron chi connectivity index (χ2n) is 5.35. The van der Waals surface area contributed by atoms with Gasteiger partial charge in [0.1, 0.15) is 5.58 Å². The highest BCUT2D eigenvalue weighted by Gasteiger charge is 2.21. The van der Waals surface area contributed by atoms with Crippen LogP contribution in [0.2, 0.25) is 0 Å². The van der Waals surface area contributed by atoms with Gasteiger partial charge in [-0.05, 0) is 49.4 Å². The number of carbonyl (C=O) groups excluding carboxylic acids is 1. The van der Waals surface area contributed by atoms with E-state index in [-0.39, 0.29) is 5.78 Å². The molecule has 2 aromatic heterocycles. The monoisotopic (exact) mass is 282 g/mol. The first-order valence-corrected chi connectivity index (χ1v) is 7.69. The Morgan fingerprint density at radius 3 is 2.95 bits per heavy atom. The topological polar surface area (TPSA) is 30.2 Å². The largest absolute Gasteiger partial charge is 0.452 e. The lowest BCUT2D eigenvalue weighted by molar-refractivity contribution is 0.101. The van der Waals surface area contributed by atoms with E-state index in [1.807, 2.05) is 31.2 Å². The Morgan fingerprint density at radius 1 is 1.25 bits per heavy atom. The Bertz CT molecular complexity index is 801. The van der Waals surface area contributed by atoms with Crippen LogP contribution in [0, 0.1) is 6.92 Å². The SMILES string of the molecule is Cc1cccc2cc(C(=O)c3cc4c(s3)CCC4)oc12. The second kappa shape index (κ2) is 4.32. The molecule has 1 aromatic carbocycles. The minimum Gasteiger partial charge on any atom is -0.452 e. The Morgan fingerprint density at radius 2 is 2.15 bits per heavy atom. The summed E-state index contributed by atoms with van der Waals surface area (Å²) < 4.78 is 5.77. The second-order valence-corrected chi connectivity index (χ2v) is 6.48. The summed E-state index contributed by atoms with van der Waals surface area (Å²) in [7, 11) is 0. The van der Waals surface area contributed by atoms with Gasteiger partial charge in [0.25, 0.3) is 0 Å². The van der Waals surface area contributed by atoms with E-state index in [0.29, 0.717) is 5.76 Å². The van der Waals surface area contributed by atoms with Crippen LogP contribution in [-0.2, 0) is 12.8 Å². The summed E-state index contributed by atoms with van der Waals surface area (Å²) in [4.78, 5) is 14.7. The Labute approximate surface area is 121 Å². The minimum absolute atomic E-state index is 0.0139. The average Bonchev–Trinajstić information content (AvgIpc) is 3.11. The average molecular weight is 282 g/mol. The molecule has 0 unspecified atom stereocenters. The maximum absolute atomic E-state index is 12.5. The summed E-state index contributed by atoms with van der Waals surface area (Å²) in [6.45, 7) is 2.00. The molecule has 0 saturated heterocycles. The third kappa shape index (κ3) is 1.74. The van der Waals surface area contributed by atoms with Crippen molar-refractivity contribution in [2.75, 3.05) is 0 Å². The van der Waals surface area contributed by atoms with Gasteiger partial charge < -0.3 is 4.42 Å². The number of ketones is 1. The maximum Gasteiger partial charge on any atom is 0.238 e. The number of fused-ring (bicyclic) bond motifs is 2. The van der Waals surface area contributed by atoms with E-state index in [1.165, 1.54) is 16.9 Å². The molecule has 4 rings (SSSR count). The molecule has 0 saturated carbocycles. The van der Waals surface area contributed by atoms with E-state index in [1.54, 1.807) is 11.3 Å². The van der Waals surface area contributed by atoms with Crippen LogP contribution in [0.3, 0.4) is 0 Å². The lowest BCUT2D eigenvalue weighted by Gasteiger charge is -1.94. The first-order valence-electron chi connectivity index (χ1n) is 6.88. The highest BCUT2D eigenvalue weighted by molar-refractivity contribution is 7.14. The van der Waals surface area contributed by atoms with Gasteiger partial charge in [0.05, 0.1) is 4.88 Å². The molecule has 0 spiro atoms. The number of aryl methyl sites for hydroxylation is 3. The van der Waals surface area contributed by atoms with Gasteiger partial charge in [-0.3, -0.25) is 4.79 Å². The Hall–Kier alpha value is -1.87. The van der Waals surface area contributed by atoms with E-state index in [0.717, 1.165) is 34.3 Å². The number of rotatable bonds is 2. The molecule has 20 heavy (non-hydrogen) atoms. The van der Waals surface area contributed by atoms with Gasteiger partial charge >= 0.3 is 0 Å². The van der Waals surface area contributed by atoms with Crippen molar-refractivity contribution in [2.45, 2.75) is 26.2 Å². The van der Waals surface area contributed by atoms with Crippen LogP contribution >= 0.6 is 11.3 Å². The lowest BCUT2D eigenvalue weighted by atomic mass is 10.1. The van der Waals surface area contributed by atoms with Crippen LogP contribution < -0.4 is 0 Å². The smallest absolute Gasteiger partial charge is 0.238 e. The van der Waals surface area contributed by atoms with E-state index < -0.39 is 0 Å². The number of hydrogen-bond acceptors (Lipinski definition) is 3. The van der Waals surface area contributed by atoms with E-state index in [2.05, 4.69) is 6.07 Å². The number of furan rings is 1. The van der Waals surface area contributed by atoms with Gasteiger partial charge in [-0.25, -0.2) is 0 Å². The molecule has 3 aromatic rings. The zero-order chi connectivity index (χ0) is 13.7. The summed E-state index contributed by atoms with van der Waals surface area (Å²) in [6, 6.07) is 9.88. The van der Waals surface area contributed by atoms with Crippen molar-refractivity contribution in [3.8, 4) is 0 Å². The van der Waals surface area contributed by atoms with Crippen molar-refractivity contribution in [2.24, 2.45) is 0 Å². The fourth-order valence-corrected chi connectivity index (χ4v) is 4.08. The van der Waals surface area contributed by atoms with Crippen LogP contribution in [0.4, 0.5) is 0 Å². The van der Waals surface area contributed by atoms with Gasteiger partial charge in [0.15, 0.2) is 5.76 Å². The molecule has 0 N–H and O–H groups in total. The highest BCUT2D eigenvalue weighted by Crippen LogP contribution is 2.33. The standard InChI is InChI=1S/C17H14O2S/c1-10-4-2-6-12-8-13(19-17(10)12)16(18)15-9-11-5-3-7-14(11)20-15/h2,4,6,8-9H,3,5,7H2,1H3. The summed E-state index contributed by atoms with van der Waals surface area (Å²) >= 11 is 1.63. The maximum atomic E-state index is 12.5. The van der Waals surface area contributed by atoms with Crippen molar-refractivity contribution in [3.05, 3.63) is 57.0 Å². The van der Waals surface area contributed by atoms with Crippen LogP contribution in [-0.4, -0.2) is 5.78 Å².